The first kappa shape index (κ1) is 15.3. The van der Waals surface area contributed by atoms with E-state index in [2.05, 4.69) is 10.4 Å². The van der Waals surface area contributed by atoms with Crippen molar-refractivity contribution in [3.8, 4) is 16.9 Å². The van der Waals surface area contributed by atoms with Gasteiger partial charge in [0.05, 0.1) is 25.0 Å². The van der Waals surface area contributed by atoms with E-state index >= 15 is 0 Å². The average molecular weight is 334 g/mol. The summed E-state index contributed by atoms with van der Waals surface area (Å²) in [5.41, 5.74) is 3.29. The summed E-state index contributed by atoms with van der Waals surface area (Å²) in [5.74, 6) is 0.212. The molecule has 0 radical (unpaired) electrons. The SMILES string of the molecule is O=C(Nc1ccccc1)N1CCn2ncc(-c3ccccc3O)c2C1. The zero-order valence-electron chi connectivity index (χ0n) is 13.6. The molecule has 4 rings (SSSR count). The molecule has 1 aromatic heterocycles. The number of para-hydroxylation sites is 2. The highest BCUT2D eigenvalue weighted by molar-refractivity contribution is 5.89. The first-order valence-electron chi connectivity index (χ1n) is 8.16. The number of benzene rings is 2. The van der Waals surface area contributed by atoms with Crippen LogP contribution in [0.1, 0.15) is 5.69 Å². The van der Waals surface area contributed by atoms with Gasteiger partial charge in [-0.1, -0.05) is 36.4 Å². The summed E-state index contributed by atoms with van der Waals surface area (Å²) in [4.78, 5) is 14.3. The Hall–Kier alpha value is -3.28. The van der Waals surface area contributed by atoms with Gasteiger partial charge in [-0.2, -0.15) is 5.10 Å². The van der Waals surface area contributed by atoms with E-state index in [1.165, 1.54) is 0 Å². The number of fused-ring (bicyclic) bond motifs is 1. The number of phenolic OH excluding ortho intramolecular Hbond substituents is 1. The number of carbonyl (C=O) groups excluding carboxylic acids is 1. The molecule has 2 heterocycles. The smallest absolute Gasteiger partial charge is 0.322 e. The Labute approximate surface area is 145 Å². The van der Waals surface area contributed by atoms with Gasteiger partial charge in [-0.25, -0.2) is 4.79 Å². The molecule has 0 saturated carbocycles. The van der Waals surface area contributed by atoms with E-state index in [0.29, 0.717) is 19.6 Å². The molecule has 25 heavy (non-hydrogen) atoms. The number of aromatic nitrogens is 2. The van der Waals surface area contributed by atoms with Crippen LogP contribution in [-0.4, -0.2) is 32.4 Å². The normalized spacial score (nSPS) is 13.4. The van der Waals surface area contributed by atoms with E-state index in [-0.39, 0.29) is 11.8 Å². The van der Waals surface area contributed by atoms with E-state index in [0.717, 1.165) is 22.5 Å². The van der Waals surface area contributed by atoms with Crippen LogP contribution in [0.3, 0.4) is 0 Å². The highest BCUT2D eigenvalue weighted by Gasteiger charge is 2.25. The van der Waals surface area contributed by atoms with Crippen molar-refractivity contribution in [3.05, 3.63) is 66.5 Å². The molecule has 2 amide bonds. The number of hydrogen-bond acceptors (Lipinski definition) is 3. The third-order valence-corrected chi connectivity index (χ3v) is 4.38. The van der Waals surface area contributed by atoms with Gasteiger partial charge in [0.2, 0.25) is 0 Å². The molecule has 0 saturated heterocycles. The molecular weight excluding hydrogens is 316 g/mol. The molecule has 0 unspecified atom stereocenters. The second-order valence-corrected chi connectivity index (χ2v) is 5.96. The summed E-state index contributed by atoms with van der Waals surface area (Å²) < 4.78 is 1.90. The first-order valence-corrected chi connectivity index (χ1v) is 8.16. The molecular formula is C19H18N4O2. The van der Waals surface area contributed by atoms with Crippen LogP contribution >= 0.6 is 0 Å². The van der Waals surface area contributed by atoms with Crippen molar-refractivity contribution < 1.29 is 9.90 Å². The van der Waals surface area contributed by atoms with Gasteiger partial charge < -0.3 is 15.3 Å². The lowest BCUT2D eigenvalue weighted by Gasteiger charge is -2.28. The zero-order chi connectivity index (χ0) is 17.2. The molecule has 6 heteroatoms. The molecule has 0 fully saturated rings. The van der Waals surface area contributed by atoms with E-state index in [1.54, 1.807) is 23.2 Å². The molecule has 0 aliphatic carbocycles. The highest BCUT2D eigenvalue weighted by Crippen LogP contribution is 2.33. The lowest BCUT2D eigenvalue weighted by molar-refractivity contribution is 0.194. The largest absolute Gasteiger partial charge is 0.507 e. The number of carbonyl (C=O) groups is 1. The Morgan fingerprint density at radius 2 is 1.76 bits per heavy atom. The van der Waals surface area contributed by atoms with Gasteiger partial charge in [0.1, 0.15) is 5.75 Å². The first-order chi connectivity index (χ1) is 12.2. The highest BCUT2D eigenvalue weighted by atomic mass is 16.3. The van der Waals surface area contributed by atoms with Crippen LogP contribution in [0.4, 0.5) is 10.5 Å². The average Bonchev–Trinajstić information content (AvgIpc) is 3.06. The Balaban J connectivity index is 1.58. The molecule has 0 bridgehead atoms. The number of hydrogen-bond donors (Lipinski definition) is 2. The maximum absolute atomic E-state index is 12.5. The minimum absolute atomic E-state index is 0.137. The quantitative estimate of drug-likeness (QED) is 0.755. The van der Waals surface area contributed by atoms with Crippen molar-refractivity contribution >= 4 is 11.7 Å². The monoisotopic (exact) mass is 334 g/mol. The van der Waals surface area contributed by atoms with Gasteiger partial charge in [-0.15, -0.1) is 0 Å². The fraction of sp³-hybridized carbons (Fsp3) is 0.158. The lowest BCUT2D eigenvalue weighted by atomic mass is 10.0. The number of urea groups is 1. The summed E-state index contributed by atoms with van der Waals surface area (Å²) >= 11 is 0. The summed E-state index contributed by atoms with van der Waals surface area (Å²) in [7, 11) is 0. The predicted molar refractivity (Wildman–Crippen MR) is 95.2 cm³/mol. The molecule has 0 spiro atoms. The topological polar surface area (TPSA) is 70.4 Å². The molecule has 0 atom stereocenters. The zero-order valence-corrected chi connectivity index (χ0v) is 13.6. The molecule has 2 aromatic carbocycles. The van der Waals surface area contributed by atoms with Crippen LogP contribution < -0.4 is 5.32 Å². The Morgan fingerprint density at radius 3 is 2.56 bits per heavy atom. The number of aromatic hydroxyl groups is 1. The van der Waals surface area contributed by atoms with Crippen LogP contribution in [0.15, 0.2) is 60.8 Å². The van der Waals surface area contributed by atoms with Crippen LogP contribution in [0.2, 0.25) is 0 Å². The second kappa shape index (κ2) is 6.32. The number of nitrogens with one attached hydrogen (secondary N) is 1. The fourth-order valence-corrected chi connectivity index (χ4v) is 3.07. The standard InChI is InChI=1S/C19H18N4O2/c24-18-9-5-4-8-15(18)16-12-20-23-11-10-22(13-17(16)23)19(25)21-14-6-2-1-3-7-14/h1-9,12,24H,10-11,13H2,(H,21,25). The van der Waals surface area contributed by atoms with Crippen LogP contribution in [0.5, 0.6) is 5.75 Å². The summed E-state index contributed by atoms with van der Waals surface area (Å²) in [6.07, 6.45) is 1.75. The summed E-state index contributed by atoms with van der Waals surface area (Å²) in [6, 6.07) is 16.4. The molecule has 6 nitrogen and oxygen atoms in total. The van der Waals surface area contributed by atoms with E-state index in [9.17, 15) is 9.90 Å². The van der Waals surface area contributed by atoms with Crippen molar-refractivity contribution in [3.63, 3.8) is 0 Å². The minimum Gasteiger partial charge on any atom is -0.507 e. The molecule has 126 valence electrons. The van der Waals surface area contributed by atoms with E-state index < -0.39 is 0 Å². The molecule has 3 aromatic rings. The Morgan fingerprint density at radius 1 is 1.00 bits per heavy atom. The van der Waals surface area contributed by atoms with Crippen molar-refractivity contribution in [2.45, 2.75) is 13.1 Å². The number of anilines is 1. The van der Waals surface area contributed by atoms with Crippen LogP contribution in [0, 0.1) is 0 Å². The Kier molecular flexibility index (Phi) is 3.85. The summed E-state index contributed by atoms with van der Waals surface area (Å²) in [5, 5.41) is 17.4. The van der Waals surface area contributed by atoms with Crippen molar-refractivity contribution in [2.24, 2.45) is 0 Å². The third kappa shape index (κ3) is 2.94. The fourth-order valence-electron chi connectivity index (χ4n) is 3.07. The predicted octanol–water partition coefficient (Wildman–Crippen LogP) is 3.30. The van der Waals surface area contributed by atoms with E-state index in [4.69, 9.17) is 0 Å². The minimum atomic E-state index is -0.137. The van der Waals surface area contributed by atoms with Crippen LogP contribution in [-0.2, 0) is 13.1 Å². The van der Waals surface area contributed by atoms with Crippen molar-refractivity contribution in [2.75, 3.05) is 11.9 Å². The van der Waals surface area contributed by atoms with Gasteiger partial charge >= 0.3 is 6.03 Å². The third-order valence-electron chi connectivity index (χ3n) is 4.38. The number of phenols is 1. The lowest BCUT2D eigenvalue weighted by Crippen LogP contribution is -2.41. The van der Waals surface area contributed by atoms with E-state index in [1.807, 2.05) is 47.1 Å². The van der Waals surface area contributed by atoms with Crippen molar-refractivity contribution in [1.29, 1.82) is 0 Å². The molecule has 1 aliphatic heterocycles. The van der Waals surface area contributed by atoms with Gasteiger partial charge in [0, 0.05) is 23.4 Å². The van der Waals surface area contributed by atoms with Gasteiger partial charge in [0.15, 0.2) is 0 Å². The number of amides is 2. The van der Waals surface area contributed by atoms with Gasteiger partial charge in [-0.3, -0.25) is 4.68 Å². The number of nitrogens with zero attached hydrogens (tertiary/aromatic N) is 3. The maximum atomic E-state index is 12.5. The van der Waals surface area contributed by atoms with Crippen LogP contribution in [0.25, 0.3) is 11.1 Å². The molecule has 1 aliphatic rings. The molecule has 2 N–H and O–H groups in total. The van der Waals surface area contributed by atoms with Gasteiger partial charge in [0.25, 0.3) is 0 Å². The summed E-state index contributed by atoms with van der Waals surface area (Å²) in [6.45, 7) is 1.67. The second-order valence-electron chi connectivity index (χ2n) is 5.96. The maximum Gasteiger partial charge on any atom is 0.322 e. The van der Waals surface area contributed by atoms with Crippen molar-refractivity contribution in [1.82, 2.24) is 14.7 Å². The Bertz CT molecular complexity index is 905. The van der Waals surface area contributed by atoms with Gasteiger partial charge in [-0.05, 0) is 18.2 Å². The number of rotatable bonds is 2.